The molecule has 1 unspecified atom stereocenters. The van der Waals surface area contributed by atoms with Gasteiger partial charge in [0.15, 0.2) is 0 Å². The molecule has 0 amide bonds. The predicted molar refractivity (Wildman–Crippen MR) is 67.7 cm³/mol. The number of halogens is 3. The number of hydrogen-bond acceptors (Lipinski definition) is 2. The maximum atomic E-state index is 12.7. The zero-order chi connectivity index (χ0) is 14.3. The summed E-state index contributed by atoms with van der Waals surface area (Å²) in [6.07, 6.45) is -2.56. The standard InChI is InChI=1S/C15H10F3NO/c16-15(17,18)9-5-6-19-13(7-9)12-8-14(20)11-4-2-1-3-10(11)12/h1-8,14,20H. The number of rotatable bonds is 1. The van der Waals surface area contributed by atoms with Crippen LogP contribution in [0.2, 0.25) is 0 Å². The van der Waals surface area contributed by atoms with E-state index in [-0.39, 0.29) is 5.69 Å². The second-order valence-electron chi connectivity index (χ2n) is 4.54. The minimum atomic E-state index is -4.41. The van der Waals surface area contributed by atoms with Crippen LogP contribution in [0.15, 0.2) is 48.7 Å². The average Bonchev–Trinajstić information content (AvgIpc) is 2.76. The molecule has 0 bridgehead atoms. The Hall–Kier alpha value is -2.14. The summed E-state index contributed by atoms with van der Waals surface area (Å²) in [5, 5.41) is 9.92. The number of alkyl halides is 3. The highest BCUT2D eigenvalue weighted by atomic mass is 19.4. The third kappa shape index (κ3) is 2.10. The second kappa shape index (κ2) is 4.45. The fourth-order valence-corrected chi connectivity index (χ4v) is 2.32. The van der Waals surface area contributed by atoms with Crippen LogP contribution >= 0.6 is 0 Å². The Morgan fingerprint density at radius 1 is 1.10 bits per heavy atom. The Labute approximate surface area is 113 Å². The second-order valence-corrected chi connectivity index (χ2v) is 4.54. The van der Waals surface area contributed by atoms with Gasteiger partial charge >= 0.3 is 6.18 Å². The van der Waals surface area contributed by atoms with E-state index in [4.69, 9.17) is 0 Å². The molecule has 0 spiro atoms. The molecule has 2 aromatic rings. The number of aliphatic hydroxyl groups excluding tert-OH is 1. The number of fused-ring (bicyclic) bond motifs is 1. The van der Waals surface area contributed by atoms with Crippen molar-refractivity contribution in [1.29, 1.82) is 0 Å². The highest BCUT2D eigenvalue weighted by molar-refractivity contribution is 5.84. The molecule has 2 nitrogen and oxygen atoms in total. The van der Waals surface area contributed by atoms with Crippen LogP contribution in [0.1, 0.15) is 28.5 Å². The van der Waals surface area contributed by atoms with Gasteiger partial charge in [-0.05, 0) is 29.3 Å². The minimum Gasteiger partial charge on any atom is -0.384 e. The summed E-state index contributed by atoms with van der Waals surface area (Å²) in [5.74, 6) is 0. The van der Waals surface area contributed by atoms with E-state index < -0.39 is 17.8 Å². The number of pyridine rings is 1. The first-order valence-electron chi connectivity index (χ1n) is 5.99. The smallest absolute Gasteiger partial charge is 0.384 e. The van der Waals surface area contributed by atoms with Crippen LogP contribution in [0.25, 0.3) is 5.57 Å². The van der Waals surface area contributed by atoms with Gasteiger partial charge in [0, 0.05) is 11.8 Å². The first-order chi connectivity index (χ1) is 9.47. The molecule has 20 heavy (non-hydrogen) atoms. The molecule has 5 heteroatoms. The Balaban J connectivity index is 2.10. The van der Waals surface area contributed by atoms with Crippen molar-refractivity contribution in [2.24, 2.45) is 0 Å². The van der Waals surface area contributed by atoms with Crippen molar-refractivity contribution in [3.8, 4) is 0 Å². The number of aliphatic hydroxyl groups is 1. The predicted octanol–water partition coefficient (Wildman–Crippen LogP) is 3.58. The van der Waals surface area contributed by atoms with Crippen LogP contribution in [-0.2, 0) is 6.18 Å². The fourth-order valence-electron chi connectivity index (χ4n) is 2.32. The van der Waals surface area contributed by atoms with Gasteiger partial charge in [-0.25, -0.2) is 0 Å². The Morgan fingerprint density at radius 3 is 2.60 bits per heavy atom. The Kier molecular flexibility index (Phi) is 2.87. The summed E-state index contributed by atoms with van der Waals surface area (Å²) >= 11 is 0. The Bertz CT molecular complexity index is 692. The van der Waals surface area contributed by atoms with E-state index in [1.54, 1.807) is 24.3 Å². The molecular weight excluding hydrogens is 267 g/mol. The van der Waals surface area contributed by atoms with Crippen LogP contribution in [0, 0.1) is 0 Å². The lowest BCUT2D eigenvalue weighted by Gasteiger charge is -2.09. The third-order valence-corrected chi connectivity index (χ3v) is 3.26. The van der Waals surface area contributed by atoms with E-state index in [1.165, 1.54) is 6.08 Å². The summed E-state index contributed by atoms with van der Waals surface area (Å²) in [6, 6.07) is 9.00. The maximum Gasteiger partial charge on any atom is 0.416 e. The SMILES string of the molecule is OC1C=C(c2cc(C(F)(F)F)ccn2)c2ccccc21. The molecule has 1 heterocycles. The molecule has 1 aromatic heterocycles. The monoisotopic (exact) mass is 277 g/mol. The zero-order valence-electron chi connectivity index (χ0n) is 10.2. The number of hydrogen-bond donors (Lipinski definition) is 1. The molecule has 1 N–H and O–H groups in total. The summed E-state index contributed by atoms with van der Waals surface area (Å²) in [6.45, 7) is 0. The summed E-state index contributed by atoms with van der Waals surface area (Å²) in [4.78, 5) is 3.99. The first-order valence-corrected chi connectivity index (χ1v) is 5.99. The van der Waals surface area contributed by atoms with E-state index in [0.29, 0.717) is 16.7 Å². The first kappa shape index (κ1) is 12.9. The minimum absolute atomic E-state index is 0.212. The Morgan fingerprint density at radius 2 is 1.85 bits per heavy atom. The maximum absolute atomic E-state index is 12.7. The van der Waals surface area contributed by atoms with Crippen LogP contribution in [-0.4, -0.2) is 10.1 Å². The average molecular weight is 277 g/mol. The number of nitrogens with zero attached hydrogens (tertiary/aromatic N) is 1. The van der Waals surface area contributed by atoms with Crippen molar-refractivity contribution in [3.63, 3.8) is 0 Å². The third-order valence-electron chi connectivity index (χ3n) is 3.26. The van der Waals surface area contributed by atoms with Gasteiger partial charge in [-0.1, -0.05) is 24.3 Å². The van der Waals surface area contributed by atoms with Crippen LogP contribution in [0.4, 0.5) is 13.2 Å². The zero-order valence-corrected chi connectivity index (χ0v) is 10.2. The molecule has 0 saturated heterocycles. The molecule has 0 aliphatic heterocycles. The topological polar surface area (TPSA) is 33.1 Å². The van der Waals surface area contributed by atoms with Crippen molar-refractivity contribution in [2.45, 2.75) is 12.3 Å². The highest BCUT2D eigenvalue weighted by Crippen LogP contribution is 2.38. The fraction of sp³-hybridized carbons (Fsp3) is 0.133. The van der Waals surface area contributed by atoms with E-state index >= 15 is 0 Å². The van der Waals surface area contributed by atoms with Crippen molar-refractivity contribution < 1.29 is 18.3 Å². The van der Waals surface area contributed by atoms with Crippen LogP contribution in [0.5, 0.6) is 0 Å². The largest absolute Gasteiger partial charge is 0.416 e. The normalized spacial score (nSPS) is 17.8. The number of benzene rings is 1. The quantitative estimate of drug-likeness (QED) is 0.864. The molecule has 0 fully saturated rings. The van der Waals surface area contributed by atoms with Gasteiger partial charge in [0.25, 0.3) is 0 Å². The summed E-state index contributed by atoms with van der Waals surface area (Å²) in [5.41, 5.74) is 1.39. The number of aromatic nitrogens is 1. The molecule has 1 aliphatic carbocycles. The van der Waals surface area contributed by atoms with Gasteiger partial charge in [-0.2, -0.15) is 13.2 Å². The lowest BCUT2D eigenvalue weighted by Crippen LogP contribution is -2.06. The summed E-state index contributed by atoms with van der Waals surface area (Å²) < 4.78 is 38.2. The van der Waals surface area contributed by atoms with E-state index in [0.717, 1.165) is 18.3 Å². The van der Waals surface area contributed by atoms with Gasteiger partial charge in [0.2, 0.25) is 0 Å². The molecular formula is C15H10F3NO. The highest BCUT2D eigenvalue weighted by Gasteiger charge is 2.31. The van der Waals surface area contributed by atoms with Crippen LogP contribution < -0.4 is 0 Å². The van der Waals surface area contributed by atoms with Crippen molar-refractivity contribution >= 4 is 5.57 Å². The van der Waals surface area contributed by atoms with Crippen molar-refractivity contribution in [3.05, 3.63) is 71.1 Å². The molecule has 102 valence electrons. The van der Waals surface area contributed by atoms with E-state index in [2.05, 4.69) is 4.98 Å². The molecule has 0 radical (unpaired) electrons. The lowest BCUT2D eigenvalue weighted by molar-refractivity contribution is -0.137. The lowest BCUT2D eigenvalue weighted by atomic mass is 10.0. The molecule has 1 atom stereocenters. The molecule has 1 aliphatic rings. The van der Waals surface area contributed by atoms with Gasteiger partial charge in [0.05, 0.1) is 17.4 Å². The van der Waals surface area contributed by atoms with E-state index in [1.807, 2.05) is 0 Å². The van der Waals surface area contributed by atoms with Gasteiger partial charge in [-0.15, -0.1) is 0 Å². The van der Waals surface area contributed by atoms with Gasteiger partial charge in [-0.3, -0.25) is 4.98 Å². The van der Waals surface area contributed by atoms with Gasteiger partial charge in [0.1, 0.15) is 0 Å². The summed E-state index contributed by atoms with van der Waals surface area (Å²) in [7, 11) is 0. The molecule has 3 rings (SSSR count). The van der Waals surface area contributed by atoms with Crippen molar-refractivity contribution in [1.82, 2.24) is 4.98 Å². The van der Waals surface area contributed by atoms with Gasteiger partial charge < -0.3 is 5.11 Å². The molecule has 0 saturated carbocycles. The van der Waals surface area contributed by atoms with E-state index in [9.17, 15) is 18.3 Å². The molecule has 1 aromatic carbocycles. The van der Waals surface area contributed by atoms with Crippen molar-refractivity contribution in [2.75, 3.05) is 0 Å². The van der Waals surface area contributed by atoms with Crippen LogP contribution in [0.3, 0.4) is 0 Å².